The molecule has 0 saturated carbocycles. The zero-order chi connectivity index (χ0) is 13.4. The molecule has 18 heavy (non-hydrogen) atoms. The van der Waals surface area contributed by atoms with E-state index in [1.807, 2.05) is 23.3 Å². The molecule has 0 unspecified atom stereocenters. The topological polar surface area (TPSA) is 27.1 Å². The minimum absolute atomic E-state index is 1.01. The number of rotatable bonds is 6. The van der Waals surface area contributed by atoms with E-state index in [4.69, 9.17) is 5.41 Å². The molecule has 1 heterocycles. The van der Waals surface area contributed by atoms with E-state index in [0.717, 1.165) is 29.4 Å². The highest BCUT2D eigenvalue weighted by molar-refractivity contribution is 9.11. The molecule has 1 rings (SSSR count). The smallest absolute Gasteiger partial charge is 0.0481 e. The van der Waals surface area contributed by atoms with Gasteiger partial charge in [0.05, 0.1) is 0 Å². The average molecular weight is 307 g/mol. The Morgan fingerprint density at radius 1 is 1.50 bits per heavy atom. The van der Waals surface area contributed by atoms with Crippen molar-refractivity contribution in [1.29, 1.82) is 5.41 Å². The summed E-state index contributed by atoms with van der Waals surface area (Å²) < 4.78 is 1.03. The Morgan fingerprint density at radius 3 is 2.89 bits per heavy atom. The van der Waals surface area contributed by atoms with Crippen LogP contribution in [-0.2, 0) is 0 Å². The Morgan fingerprint density at radius 2 is 2.28 bits per heavy atom. The highest BCUT2D eigenvalue weighted by Crippen LogP contribution is 2.26. The van der Waals surface area contributed by atoms with Crippen molar-refractivity contribution in [2.75, 3.05) is 0 Å². The zero-order valence-electron chi connectivity index (χ0n) is 10.7. The first-order chi connectivity index (χ1) is 8.72. The lowest BCUT2D eigenvalue weighted by atomic mass is 10.0. The van der Waals surface area contributed by atoms with Crippen LogP contribution in [0.25, 0.3) is 0 Å². The van der Waals surface area contributed by atoms with Crippen LogP contribution in [-0.4, -0.2) is 11.1 Å². The summed E-state index contributed by atoms with van der Waals surface area (Å²) in [5.74, 6) is 0. The normalized spacial score (nSPS) is 17.9. The molecule has 0 aliphatic carbocycles. The average Bonchev–Trinajstić information content (AvgIpc) is 2.39. The second-order valence-electron chi connectivity index (χ2n) is 3.98. The van der Waals surface area contributed by atoms with Crippen LogP contribution in [0.4, 0.5) is 0 Å². The Hall–Kier alpha value is -1.35. The maximum Gasteiger partial charge on any atom is 0.0481 e. The van der Waals surface area contributed by atoms with E-state index in [2.05, 4.69) is 35.5 Å². The van der Waals surface area contributed by atoms with Crippen molar-refractivity contribution < 1.29 is 0 Å². The van der Waals surface area contributed by atoms with Crippen molar-refractivity contribution in [1.82, 2.24) is 4.90 Å². The van der Waals surface area contributed by atoms with Crippen molar-refractivity contribution in [2.24, 2.45) is 0 Å². The van der Waals surface area contributed by atoms with E-state index in [1.54, 1.807) is 12.3 Å². The number of halogens is 1. The Kier molecular flexibility index (Phi) is 6.44. The third-order valence-corrected chi connectivity index (χ3v) is 3.13. The fourth-order valence-electron chi connectivity index (χ4n) is 1.74. The van der Waals surface area contributed by atoms with Gasteiger partial charge in [0, 0.05) is 28.8 Å². The molecule has 0 aromatic heterocycles. The molecule has 0 aromatic carbocycles. The molecule has 96 valence electrons. The molecule has 0 radical (unpaired) electrons. The summed E-state index contributed by atoms with van der Waals surface area (Å²) in [6, 6.07) is 0. The Balaban J connectivity index is 3.08. The first kappa shape index (κ1) is 14.7. The minimum atomic E-state index is 1.01. The summed E-state index contributed by atoms with van der Waals surface area (Å²) in [6.07, 6.45) is 16.3. The number of hydrogen-bond donors (Lipinski definition) is 1. The zero-order valence-corrected chi connectivity index (χ0v) is 12.3. The highest BCUT2D eigenvalue weighted by Gasteiger charge is 2.10. The van der Waals surface area contributed by atoms with Crippen molar-refractivity contribution >= 4 is 22.1 Å². The maximum absolute atomic E-state index is 7.11. The standard InChI is InChI=1S/C15H19BrN2/c1-3-5-7-13(8-6-11-17)15-10-9-14(16)12-18(15)4-2/h4,6,8-12,17H,2-3,5,7H2,1H3/b8-6+,15-13+,17-11?. The lowest BCUT2D eigenvalue weighted by molar-refractivity contribution is 0.629. The lowest BCUT2D eigenvalue weighted by Crippen LogP contribution is -2.12. The van der Waals surface area contributed by atoms with Gasteiger partial charge in [-0.15, -0.1) is 0 Å². The van der Waals surface area contributed by atoms with Gasteiger partial charge in [-0.25, -0.2) is 0 Å². The maximum atomic E-state index is 7.11. The molecular weight excluding hydrogens is 288 g/mol. The first-order valence-electron chi connectivity index (χ1n) is 6.09. The molecule has 1 aliphatic heterocycles. The van der Waals surface area contributed by atoms with Crippen LogP contribution in [0.15, 0.2) is 59.0 Å². The quantitative estimate of drug-likeness (QED) is 0.695. The van der Waals surface area contributed by atoms with Crippen molar-refractivity contribution in [2.45, 2.75) is 26.2 Å². The van der Waals surface area contributed by atoms with E-state index in [-0.39, 0.29) is 0 Å². The largest absolute Gasteiger partial charge is 0.323 e. The number of unbranched alkanes of at least 4 members (excludes halogenated alkanes) is 1. The van der Waals surface area contributed by atoms with Gasteiger partial charge >= 0.3 is 0 Å². The van der Waals surface area contributed by atoms with Gasteiger partial charge in [-0.3, -0.25) is 0 Å². The van der Waals surface area contributed by atoms with Crippen LogP contribution in [0.2, 0.25) is 0 Å². The molecular formula is C15H19BrN2. The molecule has 0 saturated heterocycles. The lowest BCUT2D eigenvalue weighted by Gasteiger charge is -2.23. The van der Waals surface area contributed by atoms with Gasteiger partial charge in [0.15, 0.2) is 0 Å². The summed E-state index contributed by atoms with van der Waals surface area (Å²) in [5, 5.41) is 7.11. The minimum Gasteiger partial charge on any atom is -0.323 e. The van der Waals surface area contributed by atoms with Crippen molar-refractivity contribution in [3.8, 4) is 0 Å². The SMILES string of the molecule is C=CN1C=C(Br)C=C/C1=C(\C=C\C=N)CCCC. The number of nitrogens with one attached hydrogen (secondary N) is 1. The number of nitrogens with zero attached hydrogens (tertiary/aromatic N) is 1. The van der Waals surface area contributed by atoms with E-state index in [1.165, 1.54) is 11.8 Å². The Bertz CT molecular complexity index is 428. The molecule has 2 nitrogen and oxygen atoms in total. The summed E-state index contributed by atoms with van der Waals surface area (Å²) in [4.78, 5) is 2.00. The highest BCUT2D eigenvalue weighted by atomic mass is 79.9. The van der Waals surface area contributed by atoms with Crippen LogP contribution in [0.1, 0.15) is 26.2 Å². The summed E-state index contributed by atoms with van der Waals surface area (Å²) >= 11 is 3.46. The summed E-state index contributed by atoms with van der Waals surface area (Å²) in [6.45, 7) is 6.02. The monoisotopic (exact) mass is 306 g/mol. The molecule has 0 amide bonds. The fourth-order valence-corrected chi connectivity index (χ4v) is 2.10. The second-order valence-corrected chi connectivity index (χ2v) is 4.89. The van der Waals surface area contributed by atoms with Crippen LogP contribution in [0.3, 0.4) is 0 Å². The van der Waals surface area contributed by atoms with Crippen LogP contribution in [0.5, 0.6) is 0 Å². The molecule has 0 bridgehead atoms. The van der Waals surface area contributed by atoms with Crippen molar-refractivity contribution in [3.05, 3.63) is 59.0 Å². The van der Waals surface area contributed by atoms with Gasteiger partial charge in [0.25, 0.3) is 0 Å². The van der Waals surface area contributed by atoms with E-state index >= 15 is 0 Å². The molecule has 0 spiro atoms. The molecule has 0 aromatic rings. The molecule has 3 heteroatoms. The molecule has 1 N–H and O–H groups in total. The van der Waals surface area contributed by atoms with Gasteiger partial charge in [-0.2, -0.15) is 0 Å². The third-order valence-electron chi connectivity index (χ3n) is 2.66. The van der Waals surface area contributed by atoms with Gasteiger partial charge in [-0.1, -0.05) is 26.0 Å². The second kappa shape index (κ2) is 7.88. The predicted molar refractivity (Wildman–Crippen MR) is 82.7 cm³/mol. The van der Waals surface area contributed by atoms with Crippen LogP contribution < -0.4 is 0 Å². The van der Waals surface area contributed by atoms with Gasteiger partial charge in [0.1, 0.15) is 0 Å². The van der Waals surface area contributed by atoms with Crippen LogP contribution in [0, 0.1) is 5.41 Å². The van der Waals surface area contributed by atoms with Crippen molar-refractivity contribution in [3.63, 3.8) is 0 Å². The summed E-state index contributed by atoms with van der Waals surface area (Å²) in [7, 11) is 0. The number of allylic oxidation sites excluding steroid dienone is 6. The fraction of sp³-hybridized carbons (Fsp3) is 0.267. The predicted octanol–water partition coefficient (Wildman–Crippen LogP) is 4.89. The van der Waals surface area contributed by atoms with Crippen LogP contribution >= 0.6 is 15.9 Å². The van der Waals surface area contributed by atoms with Gasteiger partial charge in [0.2, 0.25) is 0 Å². The first-order valence-corrected chi connectivity index (χ1v) is 6.88. The molecule has 0 atom stereocenters. The van der Waals surface area contributed by atoms with Gasteiger partial charge < -0.3 is 10.3 Å². The van der Waals surface area contributed by atoms with Gasteiger partial charge in [-0.05, 0) is 52.6 Å². The van der Waals surface area contributed by atoms with E-state index in [9.17, 15) is 0 Å². The van der Waals surface area contributed by atoms with E-state index in [0.29, 0.717) is 0 Å². The molecule has 0 fully saturated rings. The number of hydrogen-bond acceptors (Lipinski definition) is 2. The Labute approximate surface area is 118 Å². The van der Waals surface area contributed by atoms with E-state index < -0.39 is 0 Å². The third kappa shape index (κ3) is 4.15. The summed E-state index contributed by atoms with van der Waals surface area (Å²) in [5.41, 5.74) is 2.35. The molecule has 1 aliphatic rings.